The Kier molecular flexibility index (Phi) is 13.4. The minimum Gasteiger partial charge on any atom is -0.462 e. The summed E-state index contributed by atoms with van der Waals surface area (Å²) in [7, 11) is 0. The van der Waals surface area contributed by atoms with Crippen molar-refractivity contribution in [2.45, 2.75) is 91.9 Å². The Morgan fingerprint density at radius 1 is 0.982 bits per heavy atom. The molecule has 0 saturated carbocycles. The molecule has 0 radical (unpaired) electrons. The van der Waals surface area contributed by atoms with Gasteiger partial charge in [0.2, 0.25) is 0 Å². The molecule has 0 fully saturated rings. The summed E-state index contributed by atoms with van der Waals surface area (Å²) in [4.78, 5) is 65.4. The molecular weight excluding hydrogens is 691 g/mol. The Morgan fingerprint density at radius 3 is 2.22 bits per heavy atom. The van der Waals surface area contributed by atoms with Gasteiger partial charge in [-0.2, -0.15) is 0 Å². The van der Waals surface area contributed by atoms with E-state index >= 15 is 4.79 Å². The number of rotatable bonds is 14. The lowest BCUT2D eigenvalue weighted by atomic mass is 9.93. The minimum atomic E-state index is -1.11. The van der Waals surface area contributed by atoms with E-state index in [4.69, 9.17) is 4.74 Å². The lowest BCUT2D eigenvalue weighted by molar-refractivity contribution is -0.687. The van der Waals surface area contributed by atoms with Gasteiger partial charge in [-0.15, -0.1) is 0 Å². The number of aldehydes is 1. The van der Waals surface area contributed by atoms with Gasteiger partial charge < -0.3 is 14.4 Å². The molecule has 0 N–H and O–H groups in total. The predicted octanol–water partition coefficient (Wildman–Crippen LogP) is 6.78. The molecule has 2 aliphatic rings. The van der Waals surface area contributed by atoms with Crippen LogP contribution in [0.5, 0.6) is 0 Å². The van der Waals surface area contributed by atoms with Crippen molar-refractivity contribution in [2.75, 3.05) is 13.2 Å². The Balaban J connectivity index is 1.56. The van der Waals surface area contributed by atoms with Crippen molar-refractivity contribution in [3.05, 3.63) is 131 Å². The number of pyridine rings is 1. The Morgan fingerprint density at radius 2 is 1.64 bits per heavy atom. The largest absolute Gasteiger partial charge is 0.462 e. The van der Waals surface area contributed by atoms with Crippen molar-refractivity contribution in [1.82, 2.24) is 14.7 Å². The number of carbonyl (C=O) groups is 4. The topological polar surface area (TPSA) is 103 Å². The van der Waals surface area contributed by atoms with Crippen LogP contribution in [0.4, 0.5) is 0 Å². The number of ether oxygens (including phenoxy) is 1. The molecule has 2 atom stereocenters. The average molecular weight is 745 g/mol. The van der Waals surface area contributed by atoms with Crippen LogP contribution in [0.3, 0.4) is 0 Å². The summed E-state index contributed by atoms with van der Waals surface area (Å²) in [5.74, 6) is -1.56. The number of hydrogen-bond acceptors (Lipinski definition) is 6. The Labute approximate surface area is 325 Å². The number of carbonyl (C=O) groups excluding carboxylic acids is 4. The molecule has 0 bridgehead atoms. The molecule has 2 aromatic carbocycles. The van der Waals surface area contributed by atoms with E-state index in [1.807, 2.05) is 105 Å². The molecule has 2 aliphatic heterocycles. The second kappa shape index (κ2) is 18.1. The molecule has 10 heteroatoms. The summed E-state index contributed by atoms with van der Waals surface area (Å²) >= 11 is 0. The summed E-state index contributed by atoms with van der Waals surface area (Å²) in [5.41, 5.74) is 4.31. The highest BCUT2D eigenvalue weighted by Crippen LogP contribution is 2.34. The summed E-state index contributed by atoms with van der Waals surface area (Å²) < 4.78 is 7.88. The van der Waals surface area contributed by atoms with Gasteiger partial charge in [0, 0.05) is 24.8 Å². The van der Waals surface area contributed by atoms with Gasteiger partial charge in [-0.3, -0.25) is 24.2 Å². The lowest BCUT2D eigenvalue weighted by Crippen LogP contribution is -2.61. The van der Waals surface area contributed by atoms with E-state index in [0.29, 0.717) is 29.7 Å². The molecule has 55 heavy (non-hydrogen) atoms. The van der Waals surface area contributed by atoms with Crippen LogP contribution < -0.4 is 4.57 Å². The predicted molar refractivity (Wildman–Crippen MR) is 214 cm³/mol. The molecule has 0 saturated heterocycles. The second-order valence-electron chi connectivity index (χ2n) is 15.5. The fraction of sp³-hybridized carbons (Fsp3) is 0.378. The molecular formula is C45H54N5O5+. The second-order valence-corrected chi connectivity index (χ2v) is 15.5. The molecule has 10 nitrogen and oxygen atoms in total. The molecule has 0 spiro atoms. The van der Waals surface area contributed by atoms with Crippen LogP contribution in [0.25, 0.3) is 5.70 Å². The van der Waals surface area contributed by atoms with E-state index in [0.717, 1.165) is 18.4 Å². The average Bonchev–Trinajstić information content (AvgIpc) is 3.53. The maximum Gasteiger partial charge on any atom is 0.295 e. The molecule has 0 unspecified atom stereocenters. The summed E-state index contributed by atoms with van der Waals surface area (Å²) in [6, 6.07) is 20.3. The van der Waals surface area contributed by atoms with Gasteiger partial charge >= 0.3 is 0 Å². The van der Waals surface area contributed by atoms with E-state index in [1.165, 1.54) is 25.8 Å². The maximum absolute atomic E-state index is 15.1. The zero-order chi connectivity index (χ0) is 39.7. The van der Waals surface area contributed by atoms with Crippen LogP contribution in [0.15, 0.2) is 120 Å². The smallest absolute Gasteiger partial charge is 0.295 e. The summed E-state index contributed by atoms with van der Waals surface area (Å²) in [5, 5.41) is 0. The van der Waals surface area contributed by atoms with Gasteiger partial charge in [0.1, 0.15) is 25.0 Å². The fourth-order valence-corrected chi connectivity index (χ4v) is 6.76. The van der Waals surface area contributed by atoms with Gasteiger partial charge in [0.25, 0.3) is 23.7 Å². The van der Waals surface area contributed by atoms with Gasteiger partial charge in [0.05, 0.1) is 23.3 Å². The quantitative estimate of drug-likeness (QED) is 0.103. The normalized spacial score (nSPS) is 17.3. The number of nitrogens with zero attached hydrogens (tertiary/aromatic N) is 5. The third-order valence-corrected chi connectivity index (χ3v) is 9.70. The van der Waals surface area contributed by atoms with Gasteiger partial charge in [-0.05, 0) is 70.6 Å². The van der Waals surface area contributed by atoms with Gasteiger partial charge in [-0.1, -0.05) is 91.7 Å². The summed E-state index contributed by atoms with van der Waals surface area (Å²) in [6.07, 6.45) is 12.6. The highest BCUT2D eigenvalue weighted by atomic mass is 16.5. The minimum absolute atomic E-state index is 0.0442. The van der Waals surface area contributed by atoms with Crippen LogP contribution in [0, 0.1) is 5.92 Å². The highest BCUT2D eigenvalue weighted by molar-refractivity contribution is 6.06. The Hall–Kier alpha value is -5.64. The number of amides is 3. The van der Waals surface area contributed by atoms with Crippen LogP contribution in [0.2, 0.25) is 0 Å². The third-order valence-electron chi connectivity index (χ3n) is 9.70. The molecule has 3 aromatic rings. The van der Waals surface area contributed by atoms with Crippen LogP contribution >= 0.6 is 0 Å². The standard InChI is InChI=1S/C45H54N5O5/c1-32(2)15-14-16-34(5)21-24-47-25-22-37(23-26-47)41(52)49-30-39(36-19-12-9-13-20-36)50(43(54)40(49)33(3)4)38(29-35-17-10-8-11-18-35)42(53)48(27-28-51)44-46-45(6,7)31-55-44/h8-13,15,17-23,25-26,28,30,33,38,40H,14,16,24,27,29,31H2,1-7H3/q+1/t38-,40+/m0/s1. The van der Waals surface area contributed by atoms with Crippen molar-refractivity contribution in [1.29, 1.82) is 0 Å². The van der Waals surface area contributed by atoms with Crippen molar-refractivity contribution in [2.24, 2.45) is 10.9 Å². The molecule has 0 aliphatic carbocycles. The van der Waals surface area contributed by atoms with Gasteiger partial charge in [-0.25, -0.2) is 9.56 Å². The van der Waals surface area contributed by atoms with E-state index in [2.05, 4.69) is 37.9 Å². The molecule has 288 valence electrons. The zero-order valence-corrected chi connectivity index (χ0v) is 33.1. The monoisotopic (exact) mass is 744 g/mol. The molecule has 3 amide bonds. The number of benzene rings is 2. The van der Waals surface area contributed by atoms with E-state index < -0.39 is 29.4 Å². The van der Waals surface area contributed by atoms with E-state index in [1.54, 1.807) is 18.3 Å². The first-order valence-electron chi connectivity index (χ1n) is 19.0. The van der Waals surface area contributed by atoms with Gasteiger partial charge in [0.15, 0.2) is 18.9 Å². The van der Waals surface area contributed by atoms with Crippen molar-refractivity contribution < 1.29 is 28.5 Å². The third kappa shape index (κ3) is 10.1. The number of aromatic nitrogens is 1. The number of allylic oxidation sites excluding steroid dienone is 4. The maximum atomic E-state index is 15.1. The van der Waals surface area contributed by atoms with E-state index in [9.17, 15) is 14.4 Å². The zero-order valence-electron chi connectivity index (χ0n) is 33.1. The van der Waals surface area contributed by atoms with Crippen LogP contribution in [-0.4, -0.2) is 75.5 Å². The van der Waals surface area contributed by atoms with Crippen molar-refractivity contribution in [3.63, 3.8) is 0 Å². The SMILES string of the molecule is CC(C)=CCCC(C)=CC[n+]1ccc(C(=O)N2C=C(c3ccccc3)N([C@@H](Cc3ccccc3)C(=O)N(CC=O)C3=NC(C)(C)CO3)C(=O)[C@H]2C(C)C)cc1. The molecule has 1 aromatic heterocycles. The first-order valence-corrected chi connectivity index (χ1v) is 19.0. The molecule has 3 heterocycles. The van der Waals surface area contributed by atoms with Crippen molar-refractivity contribution in [3.8, 4) is 0 Å². The van der Waals surface area contributed by atoms with Crippen LogP contribution in [-0.2, 0) is 32.1 Å². The van der Waals surface area contributed by atoms with Crippen LogP contribution in [0.1, 0.15) is 82.8 Å². The first-order chi connectivity index (χ1) is 26.3. The van der Waals surface area contributed by atoms with E-state index in [-0.39, 0.29) is 37.4 Å². The summed E-state index contributed by atoms with van der Waals surface area (Å²) in [6.45, 7) is 14.5. The fourth-order valence-electron chi connectivity index (χ4n) is 6.76. The lowest BCUT2D eigenvalue weighted by Gasteiger charge is -2.44. The number of hydrogen-bond donors (Lipinski definition) is 0. The Bertz CT molecular complexity index is 1960. The number of amidine groups is 1. The number of aliphatic imine (C=N–C) groups is 1. The highest BCUT2D eigenvalue weighted by Gasteiger charge is 2.47. The first kappa shape index (κ1) is 40.5. The van der Waals surface area contributed by atoms with Crippen molar-refractivity contribution >= 4 is 35.7 Å². The molecule has 5 rings (SSSR count).